The highest BCUT2D eigenvalue weighted by atomic mass is 79.9. The van der Waals surface area contributed by atoms with Crippen LogP contribution in [0.3, 0.4) is 0 Å². The molecule has 84 valence electrons. The smallest absolute Gasteiger partial charge is 0.171 e. The van der Waals surface area contributed by atoms with Gasteiger partial charge in [0.15, 0.2) is 5.78 Å². The molecule has 0 spiro atoms. The number of carbonyl (C=O) groups excluding carboxylic acids is 1. The monoisotopic (exact) mass is 298 g/mol. The molecule has 5 heteroatoms. The van der Waals surface area contributed by atoms with E-state index in [2.05, 4.69) is 20.9 Å². The van der Waals surface area contributed by atoms with Crippen LogP contribution in [0.15, 0.2) is 27.6 Å². The summed E-state index contributed by atoms with van der Waals surface area (Å²) in [5, 5.41) is 1.87. The highest BCUT2D eigenvalue weighted by Gasteiger charge is 2.12. The van der Waals surface area contributed by atoms with Crippen molar-refractivity contribution in [3.8, 4) is 0 Å². The Kier molecular flexibility index (Phi) is 3.56. The van der Waals surface area contributed by atoms with Gasteiger partial charge >= 0.3 is 0 Å². The van der Waals surface area contributed by atoms with Crippen molar-refractivity contribution >= 4 is 33.0 Å². The summed E-state index contributed by atoms with van der Waals surface area (Å²) in [5.41, 5.74) is 0.752. The number of carbonyl (C=O) groups is 1. The van der Waals surface area contributed by atoms with E-state index in [0.29, 0.717) is 6.42 Å². The zero-order valence-corrected chi connectivity index (χ0v) is 11.2. The maximum atomic E-state index is 11.9. The fourth-order valence-corrected chi connectivity index (χ4v) is 2.66. The van der Waals surface area contributed by atoms with E-state index in [9.17, 15) is 4.79 Å². The number of Topliss-reactive ketones (excluding diaryl/α,β-unsaturated/α-hetero) is 1. The highest BCUT2D eigenvalue weighted by Crippen LogP contribution is 2.21. The quantitative estimate of drug-likeness (QED) is 0.813. The first kappa shape index (κ1) is 11.5. The van der Waals surface area contributed by atoms with E-state index in [4.69, 9.17) is 0 Å². The predicted molar refractivity (Wildman–Crippen MR) is 68.0 cm³/mol. The number of ketones is 1. The van der Waals surface area contributed by atoms with Crippen molar-refractivity contribution in [2.75, 3.05) is 0 Å². The Labute approximate surface area is 106 Å². The standard InChI is InChI=1S/C11H11BrN2OS/c1-2-14-4-3-13-11(14)6-9(15)8-5-10(12)16-7-8/h3-5,7H,2,6H2,1H3. The van der Waals surface area contributed by atoms with Gasteiger partial charge in [-0.3, -0.25) is 4.79 Å². The molecule has 0 radical (unpaired) electrons. The minimum absolute atomic E-state index is 0.114. The largest absolute Gasteiger partial charge is 0.335 e. The summed E-state index contributed by atoms with van der Waals surface area (Å²) in [4.78, 5) is 16.1. The molecule has 16 heavy (non-hydrogen) atoms. The third-order valence-corrected chi connectivity index (χ3v) is 3.85. The summed E-state index contributed by atoms with van der Waals surface area (Å²) < 4.78 is 2.97. The summed E-state index contributed by atoms with van der Waals surface area (Å²) in [7, 11) is 0. The van der Waals surface area contributed by atoms with Gasteiger partial charge in [0.05, 0.1) is 10.2 Å². The van der Waals surface area contributed by atoms with E-state index in [1.54, 1.807) is 6.20 Å². The zero-order valence-electron chi connectivity index (χ0n) is 8.81. The molecule has 0 atom stereocenters. The van der Waals surface area contributed by atoms with Gasteiger partial charge in [-0.2, -0.15) is 0 Å². The second-order valence-corrected chi connectivity index (χ2v) is 5.66. The molecule has 3 nitrogen and oxygen atoms in total. The van der Waals surface area contributed by atoms with Gasteiger partial charge in [0, 0.05) is 29.9 Å². The van der Waals surface area contributed by atoms with Crippen LogP contribution in [0, 0.1) is 0 Å². The molecule has 0 aromatic carbocycles. The summed E-state index contributed by atoms with van der Waals surface area (Å²) in [6, 6.07) is 1.85. The number of hydrogen-bond acceptors (Lipinski definition) is 3. The van der Waals surface area contributed by atoms with Crippen molar-refractivity contribution in [2.24, 2.45) is 0 Å². The Morgan fingerprint density at radius 3 is 3.06 bits per heavy atom. The molecule has 0 aliphatic carbocycles. The fourth-order valence-electron chi connectivity index (χ4n) is 1.50. The van der Waals surface area contributed by atoms with Gasteiger partial charge in [0.1, 0.15) is 5.82 Å². The third-order valence-electron chi connectivity index (χ3n) is 2.35. The molecule has 0 saturated carbocycles. The Morgan fingerprint density at radius 1 is 1.62 bits per heavy atom. The molecule has 2 rings (SSSR count). The van der Waals surface area contributed by atoms with E-state index in [1.165, 1.54) is 11.3 Å². The van der Waals surface area contributed by atoms with Gasteiger partial charge in [-0.05, 0) is 28.9 Å². The van der Waals surface area contributed by atoms with E-state index < -0.39 is 0 Å². The van der Waals surface area contributed by atoms with E-state index >= 15 is 0 Å². The van der Waals surface area contributed by atoms with Gasteiger partial charge in [-0.1, -0.05) is 0 Å². The molecular weight excluding hydrogens is 288 g/mol. The number of rotatable bonds is 4. The second-order valence-electron chi connectivity index (χ2n) is 3.37. The average molecular weight is 299 g/mol. The topological polar surface area (TPSA) is 34.9 Å². The minimum atomic E-state index is 0.114. The maximum Gasteiger partial charge on any atom is 0.171 e. The number of aromatic nitrogens is 2. The van der Waals surface area contributed by atoms with Gasteiger partial charge < -0.3 is 4.57 Å². The van der Waals surface area contributed by atoms with E-state index in [-0.39, 0.29) is 5.78 Å². The van der Waals surface area contributed by atoms with Crippen LogP contribution >= 0.6 is 27.3 Å². The molecule has 0 aliphatic rings. The van der Waals surface area contributed by atoms with Crippen molar-refractivity contribution < 1.29 is 4.79 Å². The number of hydrogen-bond donors (Lipinski definition) is 0. The van der Waals surface area contributed by atoms with Crippen LogP contribution in [0.5, 0.6) is 0 Å². The lowest BCUT2D eigenvalue weighted by atomic mass is 10.1. The Morgan fingerprint density at radius 2 is 2.44 bits per heavy atom. The van der Waals surface area contributed by atoms with Gasteiger partial charge in [-0.15, -0.1) is 11.3 Å². The predicted octanol–water partition coefficient (Wildman–Crippen LogP) is 3.15. The first-order valence-electron chi connectivity index (χ1n) is 4.98. The van der Waals surface area contributed by atoms with Gasteiger partial charge in [0.2, 0.25) is 0 Å². The summed E-state index contributed by atoms with van der Waals surface area (Å²) >= 11 is 4.88. The number of thiophene rings is 1. The summed E-state index contributed by atoms with van der Waals surface area (Å²) in [5.74, 6) is 0.942. The molecule has 0 saturated heterocycles. The van der Waals surface area contributed by atoms with Crippen LogP contribution < -0.4 is 0 Å². The van der Waals surface area contributed by atoms with Gasteiger partial charge in [-0.25, -0.2) is 4.98 Å². The fraction of sp³-hybridized carbons (Fsp3) is 0.273. The molecule has 0 unspecified atom stereocenters. The number of nitrogens with zero attached hydrogens (tertiary/aromatic N) is 2. The van der Waals surface area contributed by atoms with Crippen LogP contribution in [0.1, 0.15) is 23.1 Å². The third kappa shape index (κ3) is 2.41. The van der Waals surface area contributed by atoms with Crippen LogP contribution in [0.25, 0.3) is 0 Å². The zero-order chi connectivity index (χ0) is 11.5. The minimum Gasteiger partial charge on any atom is -0.335 e. The molecule has 2 aromatic heterocycles. The molecule has 0 bridgehead atoms. The molecule has 0 aliphatic heterocycles. The summed E-state index contributed by atoms with van der Waals surface area (Å²) in [6.45, 7) is 2.88. The molecule has 0 amide bonds. The number of halogens is 1. The van der Waals surface area contributed by atoms with Crippen molar-refractivity contribution in [3.63, 3.8) is 0 Å². The lowest BCUT2D eigenvalue weighted by molar-refractivity contribution is 0.0990. The molecule has 0 N–H and O–H groups in total. The van der Waals surface area contributed by atoms with Crippen molar-refractivity contribution in [3.05, 3.63) is 39.0 Å². The molecule has 2 aromatic rings. The number of aryl methyl sites for hydroxylation is 1. The van der Waals surface area contributed by atoms with Crippen molar-refractivity contribution in [2.45, 2.75) is 19.9 Å². The molecule has 0 fully saturated rings. The highest BCUT2D eigenvalue weighted by molar-refractivity contribution is 9.11. The first-order valence-corrected chi connectivity index (χ1v) is 6.65. The van der Waals surface area contributed by atoms with E-state index in [0.717, 1.165) is 21.7 Å². The Hall–Kier alpha value is -0.940. The Bertz CT molecular complexity index is 504. The van der Waals surface area contributed by atoms with Crippen molar-refractivity contribution in [1.82, 2.24) is 9.55 Å². The lowest BCUT2D eigenvalue weighted by Crippen LogP contribution is -2.08. The normalized spacial score (nSPS) is 10.6. The second kappa shape index (κ2) is 4.93. The van der Waals surface area contributed by atoms with Crippen LogP contribution in [0.2, 0.25) is 0 Å². The molecule has 2 heterocycles. The van der Waals surface area contributed by atoms with Crippen LogP contribution in [0.4, 0.5) is 0 Å². The summed E-state index contributed by atoms with van der Waals surface area (Å²) in [6.07, 6.45) is 3.99. The lowest BCUT2D eigenvalue weighted by Gasteiger charge is -2.02. The van der Waals surface area contributed by atoms with Gasteiger partial charge in [0.25, 0.3) is 0 Å². The Balaban J connectivity index is 2.13. The van der Waals surface area contributed by atoms with Crippen LogP contribution in [-0.4, -0.2) is 15.3 Å². The average Bonchev–Trinajstić information content (AvgIpc) is 2.86. The first-order chi connectivity index (χ1) is 7.70. The molecular formula is C11H11BrN2OS. The maximum absolute atomic E-state index is 11.9. The van der Waals surface area contributed by atoms with Crippen LogP contribution in [-0.2, 0) is 13.0 Å². The van der Waals surface area contributed by atoms with Crippen molar-refractivity contribution in [1.29, 1.82) is 0 Å². The number of imidazole rings is 1. The van der Waals surface area contributed by atoms with E-state index in [1.807, 2.05) is 29.1 Å². The SMILES string of the molecule is CCn1ccnc1CC(=O)c1csc(Br)c1.